The molecule has 1 saturated carbocycles. The van der Waals surface area contributed by atoms with Gasteiger partial charge in [0.1, 0.15) is 5.75 Å². The van der Waals surface area contributed by atoms with Crippen LogP contribution in [0.1, 0.15) is 25.7 Å². The summed E-state index contributed by atoms with van der Waals surface area (Å²) in [6, 6.07) is 6.44. The quantitative estimate of drug-likeness (QED) is 0.889. The molecule has 0 saturated heterocycles. The predicted octanol–water partition coefficient (Wildman–Crippen LogP) is 3.27. The van der Waals surface area contributed by atoms with E-state index in [2.05, 4.69) is 10.1 Å². The molecule has 0 aromatic heterocycles. The molecule has 1 aliphatic rings. The third-order valence-corrected chi connectivity index (χ3v) is 3.21. The molecular weight excluding hydrogens is 257 g/mol. The average molecular weight is 274 g/mol. The molecule has 0 amide bonds. The van der Waals surface area contributed by atoms with Crippen LogP contribution in [-0.4, -0.2) is 18.4 Å². The first-order valence-corrected chi connectivity index (χ1v) is 6.30. The normalized spacial score (nSPS) is 24.0. The summed E-state index contributed by atoms with van der Waals surface area (Å²) in [6.07, 6.45) is -0.903. The maximum atomic E-state index is 12.1. The van der Waals surface area contributed by atoms with Gasteiger partial charge in [0.2, 0.25) is 0 Å². The van der Waals surface area contributed by atoms with Crippen molar-refractivity contribution < 1.29 is 17.9 Å². The molecular formula is C13H17F3N2O. The fourth-order valence-electron chi connectivity index (χ4n) is 2.28. The predicted molar refractivity (Wildman–Crippen MR) is 67.0 cm³/mol. The van der Waals surface area contributed by atoms with Crippen molar-refractivity contribution in [2.45, 2.75) is 44.1 Å². The molecule has 1 aromatic rings. The summed E-state index contributed by atoms with van der Waals surface area (Å²) in [6.45, 7) is 0. The Labute approximate surface area is 109 Å². The van der Waals surface area contributed by atoms with E-state index in [4.69, 9.17) is 5.73 Å². The molecule has 2 rings (SSSR count). The Morgan fingerprint density at radius 3 is 2.47 bits per heavy atom. The third kappa shape index (κ3) is 4.63. The topological polar surface area (TPSA) is 47.3 Å². The van der Waals surface area contributed by atoms with Crippen LogP contribution in [-0.2, 0) is 0 Å². The van der Waals surface area contributed by atoms with Gasteiger partial charge in [-0.25, -0.2) is 0 Å². The lowest BCUT2D eigenvalue weighted by molar-refractivity contribution is -0.274. The first-order valence-electron chi connectivity index (χ1n) is 6.30. The van der Waals surface area contributed by atoms with Crippen LogP contribution >= 0.6 is 0 Å². The Balaban J connectivity index is 1.95. The van der Waals surface area contributed by atoms with Crippen molar-refractivity contribution in [1.29, 1.82) is 0 Å². The number of hydrogen-bond acceptors (Lipinski definition) is 3. The van der Waals surface area contributed by atoms with Gasteiger partial charge in [0.25, 0.3) is 0 Å². The van der Waals surface area contributed by atoms with E-state index >= 15 is 0 Å². The molecule has 19 heavy (non-hydrogen) atoms. The zero-order chi connectivity index (χ0) is 13.9. The van der Waals surface area contributed by atoms with E-state index in [0.29, 0.717) is 5.69 Å². The van der Waals surface area contributed by atoms with Gasteiger partial charge in [-0.2, -0.15) is 0 Å². The van der Waals surface area contributed by atoms with Crippen LogP contribution in [0.2, 0.25) is 0 Å². The summed E-state index contributed by atoms with van der Waals surface area (Å²) in [5.41, 5.74) is 6.45. The van der Waals surface area contributed by atoms with Gasteiger partial charge in [-0.05, 0) is 37.8 Å². The maximum absolute atomic E-state index is 12.1. The zero-order valence-electron chi connectivity index (χ0n) is 10.4. The first-order chi connectivity index (χ1) is 8.92. The van der Waals surface area contributed by atoms with Gasteiger partial charge < -0.3 is 15.8 Å². The summed E-state index contributed by atoms with van der Waals surface area (Å²) < 4.78 is 40.2. The van der Waals surface area contributed by atoms with Gasteiger partial charge in [-0.15, -0.1) is 13.2 Å². The van der Waals surface area contributed by atoms with Crippen molar-refractivity contribution in [3.8, 4) is 5.75 Å². The first kappa shape index (κ1) is 14.0. The molecule has 106 valence electrons. The van der Waals surface area contributed by atoms with Gasteiger partial charge in [-0.3, -0.25) is 0 Å². The number of halogens is 3. The van der Waals surface area contributed by atoms with Gasteiger partial charge >= 0.3 is 6.36 Å². The van der Waals surface area contributed by atoms with Crippen LogP contribution in [0.5, 0.6) is 5.75 Å². The van der Waals surface area contributed by atoms with E-state index in [-0.39, 0.29) is 17.8 Å². The molecule has 6 heteroatoms. The van der Waals surface area contributed by atoms with Crippen molar-refractivity contribution in [1.82, 2.24) is 0 Å². The third-order valence-electron chi connectivity index (χ3n) is 3.21. The monoisotopic (exact) mass is 274 g/mol. The molecule has 0 atom stereocenters. The summed E-state index contributed by atoms with van der Waals surface area (Å²) in [4.78, 5) is 0. The van der Waals surface area contributed by atoms with Crippen LogP contribution < -0.4 is 15.8 Å². The van der Waals surface area contributed by atoms with E-state index in [0.717, 1.165) is 25.7 Å². The van der Waals surface area contributed by atoms with Crippen molar-refractivity contribution in [2.24, 2.45) is 5.73 Å². The molecule has 0 bridgehead atoms. The number of benzene rings is 1. The van der Waals surface area contributed by atoms with E-state index in [1.165, 1.54) is 18.2 Å². The number of nitrogens with two attached hydrogens (primary N) is 1. The van der Waals surface area contributed by atoms with Gasteiger partial charge in [-0.1, -0.05) is 6.07 Å². The minimum atomic E-state index is -4.66. The van der Waals surface area contributed by atoms with Crippen molar-refractivity contribution in [3.63, 3.8) is 0 Å². The standard InChI is InChI=1S/C13H17F3N2O/c14-13(15,16)19-12-3-1-2-11(8-12)18-10-6-4-9(17)5-7-10/h1-3,8-10,18H,4-7,17H2. The molecule has 3 nitrogen and oxygen atoms in total. The molecule has 1 aliphatic carbocycles. The van der Waals surface area contributed by atoms with Crippen molar-refractivity contribution in [3.05, 3.63) is 24.3 Å². The Hall–Kier alpha value is -1.43. The molecule has 0 radical (unpaired) electrons. The minimum Gasteiger partial charge on any atom is -0.406 e. The average Bonchev–Trinajstić information content (AvgIpc) is 2.30. The van der Waals surface area contributed by atoms with E-state index < -0.39 is 6.36 Å². The molecule has 0 aliphatic heterocycles. The van der Waals surface area contributed by atoms with E-state index in [9.17, 15) is 13.2 Å². The Bertz CT molecular complexity index is 415. The second-order valence-corrected chi connectivity index (χ2v) is 4.83. The van der Waals surface area contributed by atoms with Crippen LogP contribution in [0.25, 0.3) is 0 Å². The molecule has 0 unspecified atom stereocenters. The second kappa shape index (κ2) is 5.69. The number of rotatable bonds is 3. The summed E-state index contributed by atoms with van der Waals surface area (Å²) in [5, 5.41) is 3.22. The SMILES string of the molecule is NC1CCC(Nc2cccc(OC(F)(F)F)c2)CC1. The molecule has 0 heterocycles. The highest BCUT2D eigenvalue weighted by Gasteiger charge is 2.31. The Morgan fingerprint density at radius 1 is 1.16 bits per heavy atom. The lowest BCUT2D eigenvalue weighted by atomic mass is 9.92. The number of nitrogens with one attached hydrogen (secondary N) is 1. The highest BCUT2D eigenvalue weighted by atomic mass is 19.4. The largest absolute Gasteiger partial charge is 0.573 e. The summed E-state index contributed by atoms with van der Waals surface area (Å²) in [7, 11) is 0. The van der Waals surface area contributed by atoms with Crippen LogP contribution in [0.4, 0.5) is 18.9 Å². The van der Waals surface area contributed by atoms with Crippen molar-refractivity contribution in [2.75, 3.05) is 5.32 Å². The van der Waals surface area contributed by atoms with Crippen LogP contribution in [0.3, 0.4) is 0 Å². The smallest absolute Gasteiger partial charge is 0.406 e. The fourth-order valence-corrected chi connectivity index (χ4v) is 2.28. The fraction of sp³-hybridized carbons (Fsp3) is 0.538. The number of ether oxygens (including phenoxy) is 1. The summed E-state index contributed by atoms with van der Waals surface area (Å²) >= 11 is 0. The zero-order valence-corrected chi connectivity index (χ0v) is 10.4. The minimum absolute atomic E-state index is 0.204. The van der Waals surface area contributed by atoms with Gasteiger partial charge in [0.05, 0.1) is 0 Å². The lowest BCUT2D eigenvalue weighted by Crippen LogP contribution is -2.32. The molecule has 1 fully saturated rings. The van der Waals surface area contributed by atoms with Crippen LogP contribution in [0.15, 0.2) is 24.3 Å². The number of hydrogen-bond donors (Lipinski definition) is 2. The molecule has 3 N–H and O–H groups in total. The van der Waals surface area contributed by atoms with Gasteiger partial charge in [0, 0.05) is 23.8 Å². The van der Waals surface area contributed by atoms with Crippen LogP contribution in [0, 0.1) is 0 Å². The van der Waals surface area contributed by atoms with E-state index in [1.807, 2.05) is 0 Å². The Morgan fingerprint density at radius 2 is 1.84 bits per heavy atom. The highest BCUT2D eigenvalue weighted by Crippen LogP contribution is 2.27. The lowest BCUT2D eigenvalue weighted by Gasteiger charge is -2.27. The molecule has 1 aromatic carbocycles. The van der Waals surface area contributed by atoms with Gasteiger partial charge in [0.15, 0.2) is 0 Å². The Kier molecular flexibility index (Phi) is 4.19. The van der Waals surface area contributed by atoms with E-state index in [1.54, 1.807) is 6.07 Å². The number of alkyl halides is 3. The molecule has 0 spiro atoms. The van der Waals surface area contributed by atoms with Crippen molar-refractivity contribution >= 4 is 5.69 Å². The maximum Gasteiger partial charge on any atom is 0.573 e. The summed E-state index contributed by atoms with van der Waals surface area (Å²) in [5.74, 6) is -0.204. The second-order valence-electron chi connectivity index (χ2n) is 4.83. The number of anilines is 1. The highest BCUT2D eigenvalue weighted by molar-refractivity contribution is 5.49.